The van der Waals surface area contributed by atoms with Gasteiger partial charge in [-0.3, -0.25) is 9.69 Å². The monoisotopic (exact) mass is 253 g/mol. The molecule has 2 rings (SSSR count). The molecule has 0 unspecified atom stereocenters. The zero-order valence-corrected chi connectivity index (χ0v) is 11.7. The van der Waals surface area contributed by atoms with Crippen molar-refractivity contribution in [3.8, 4) is 0 Å². The highest BCUT2D eigenvalue weighted by Crippen LogP contribution is 2.42. The Morgan fingerprint density at radius 1 is 1.22 bits per heavy atom. The summed E-state index contributed by atoms with van der Waals surface area (Å²) in [4.78, 5) is 25.7. The van der Waals surface area contributed by atoms with Crippen molar-refractivity contribution in [3.63, 3.8) is 0 Å². The fourth-order valence-electron chi connectivity index (χ4n) is 3.23. The lowest BCUT2D eigenvalue weighted by Gasteiger charge is -2.31. The van der Waals surface area contributed by atoms with Crippen molar-refractivity contribution in [1.82, 2.24) is 4.90 Å². The van der Waals surface area contributed by atoms with E-state index in [1.54, 1.807) is 11.8 Å². The van der Waals surface area contributed by atoms with Crippen LogP contribution in [0.1, 0.15) is 53.4 Å². The smallest absolute Gasteiger partial charge is 0.411 e. The lowest BCUT2D eigenvalue weighted by molar-refractivity contribution is -0.121. The van der Waals surface area contributed by atoms with Gasteiger partial charge in [-0.05, 0) is 52.9 Å². The van der Waals surface area contributed by atoms with E-state index in [1.807, 2.05) is 20.8 Å². The van der Waals surface area contributed by atoms with Crippen LogP contribution in [-0.4, -0.2) is 34.5 Å². The molecule has 1 aliphatic carbocycles. The molecule has 1 amide bonds. The Kier molecular flexibility index (Phi) is 3.39. The number of hydrogen-bond donors (Lipinski definition) is 0. The van der Waals surface area contributed by atoms with Gasteiger partial charge >= 0.3 is 6.09 Å². The standard InChI is InChI=1S/C14H23NO3/c1-9(16)12-8-10-6-5-7-11(10)15(12)13(17)18-14(2,3)4/h10-12H,5-8H2,1-4H3/t10-,11-,12-/m0/s1. The van der Waals surface area contributed by atoms with Crippen LogP contribution in [0.4, 0.5) is 4.79 Å². The molecule has 0 aromatic heterocycles. The van der Waals surface area contributed by atoms with Crippen molar-refractivity contribution in [3.05, 3.63) is 0 Å². The van der Waals surface area contributed by atoms with Gasteiger partial charge in [-0.15, -0.1) is 0 Å². The molecule has 2 aliphatic rings. The number of nitrogens with zero attached hydrogens (tertiary/aromatic N) is 1. The third-order valence-corrected chi connectivity index (χ3v) is 3.91. The molecule has 102 valence electrons. The first kappa shape index (κ1) is 13.4. The Hall–Kier alpha value is -1.06. The number of hydrogen-bond acceptors (Lipinski definition) is 3. The van der Waals surface area contributed by atoms with Crippen molar-refractivity contribution < 1.29 is 14.3 Å². The van der Waals surface area contributed by atoms with Crippen molar-refractivity contribution in [1.29, 1.82) is 0 Å². The topological polar surface area (TPSA) is 46.6 Å². The number of carbonyl (C=O) groups excluding carboxylic acids is 2. The molecule has 0 bridgehead atoms. The first-order chi connectivity index (χ1) is 8.29. The summed E-state index contributed by atoms with van der Waals surface area (Å²) >= 11 is 0. The highest BCUT2D eigenvalue weighted by molar-refractivity contribution is 5.86. The number of amides is 1. The summed E-state index contributed by atoms with van der Waals surface area (Å²) < 4.78 is 5.44. The molecule has 3 atom stereocenters. The van der Waals surface area contributed by atoms with Crippen LogP contribution in [-0.2, 0) is 9.53 Å². The highest BCUT2D eigenvalue weighted by Gasteiger charge is 2.48. The number of Topliss-reactive ketones (excluding diaryl/α,β-unsaturated/α-hetero) is 1. The van der Waals surface area contributed by atoms with E-state index in [9.17, 15) is 9.59 Å². The molecule has 0 aromatic carbocycles. The van der Waals surface area contributed by atoms with Gasteiger partial charge in [-0.1, -0.05) is 6.42 Å². The summed E-state index contributed by atoms with van der Waals surface area (Å²) in [5.41, 5.74) is -0.505. The maximum Gasteiger partial charge on any atom is 0.411 e. The van der Waals surface area contributed by atoms with Gasteiger partial charge < -0.3 is 4.74 Å². The highest BCUT2D eigenvalue weighted by atomic mass is 16.6. The van der Waals surface area contributed by atoms with E-state index in [1.165, 1.54) is 0 Å². The van der Waals surface area contributed by atoms with E-state index in [-0.39, 0.29) is 24.0 Å². The fraction of sp³-hybridized carbons (Fsp3) is 0.857. The summed E-state index contributed by atoms with van der Waals surface area (Å²) in [7, 11) is 0. The van der Waals surface area contributed by atoms with E-state index < -0.39 is 5.60 Å². The van der Waals surface area contributed by atoms with Gasteiger partial charge in [-0.2, -0.15) is 0 Å². The van der Waals surface area contributed by atoms with Gasteiger partial charge in [0.25, 0.3) is 0 Å². The van der Waals surface area contributed by atoms with Gasteiger partial charge in [0, 0.05) is 6.04 Å². The molecule has 1 aliphatic heterocycles. The van der Waals surface area contributed by atoms with Crippen LogP contribution in [0.3, 0.4) is 0 Å². The fourth-order valence-corrected chi connectivity index (χ4v) is 3.23. The minimum Gasteiger partial charge on any atom is -0.444 e. The number of rotatable bonds is 1. The predicted molar refractivity (Wildman–Crippen MR) is 68.3 cm³/mol. The van der Waals surface area contributed by atoms with Crippen molar-refractivity contribution in [2.45, 2.75) is 71.1 Å². The maximum absolute atomic E-state index is 12.3. The van der Waals surface area contributed by atoms with Crippen LogP contribution in [0.5, 0.6) is 0 Å². The van der Waals surface area contributed by atoms with Crippen LogP contribution >= 0.6 is 0 Å². The molecule has 1 saturated carbocycles. The largest absolute Gasteiger partial charge is 0.444 e. The lowest BCUT2D eigenvalue weighted by atomic mass is 10.0. The zero-order valence-electron chi connectivity index (χ0n) is 11.7. The van der Waals surface area contributed by atoms with E-state index in [0.29, 0.717) is 5.92 Å². The first-order valence-electron chi connectivity index (χ1n) is 6.81. The van der Waals surface area contributed by atoms with Gasteiger partial charge in [0.05, 0.1) is 6.04 Å². The Morgan fingerprint density at radius 3 is 2.44 bits per heavy atom. The second-order valence-electron chi connectivity index (χ2n) is 6.51. The molecule has 2 fully saturated rings. The molecule has 0 N–H and O–H groups in total. The Morgan fingerprint density at radius 2 is 1.89 bits per heavy atom. The minimum absolute atomic E-state index is 0.0789. The average molecular weight is 253 g/mol. The third-order valence-electron chi connectivity index (χ3n) is 3.91. The molecule has 18 heavy (non-hydrogen) atoms. The van der Waals surface area contributed by atoms with Gasteiger partial charge in [0.15, 0.2) is 5.78 Å². The molecule has 1 heterocycles. The molecule has 1 saturated heterocycles. The summed E-state index contributed by atoms with van der Waals surface area (Å²) in [6.07, 6.45) is 3.79. The minimum atomic E-state index is -0.505. The summed E-state index contributed by atoms with van der Waals surface area (Å²) in [5.74, 6) is 0.571. The Balaban J connectivity index is 2.16. The summed E-state index contributed by atoms with van der Waals surface area (Å²) in [5, 5.41) is 0. The van der Waals surface area contributed by atoms with E-state index in [2.05, 4.69) is 0 Å². The molecular weight excluding hydrogens is 230 g/mol. The van der Waals surface area contributed by atoms with Crippen molar-refractivity contribution >= 4 is 11.9 Å². The average Bonchev–Trinajstić information content (AvgIpc) is 2.70. The van der Waals surface area contributed by atoms with Crippen LogP contribution in [0.15, 0.2) is 0 Å². The number of ketones is 1. The molecular formula is C14H23NO3. The van der Waals surface area contributed by atoms with E-state index in [4.69, 9.17) is 4.74 Å². The van der Waals surface area contributed by atoms with E-state index in [0.717, 1.165) is 25.7 Å². The van der Waals surface area contributed by atoms with E-state index >= 15 is 0 Å². The summed E-state index contributed by atoms with van der Waals surface area (Å²) in [6, 6.07) is -0.0519. The third kappa shape index (κ3) is 2.52. The number of fused-ring (bicyclic) bond motifs is 1. The van der Waals surface area contributed by atoms with Crippen molar-refractivity contribution in [2.75, 3.05) is 0 Å². The van der Waals surface area contributed by atoms with Crippen molar-refractivity contribution in [2.24, 2.45) is 5.92 Å². The quantitative estimate of drug-likeness (QED) is 0.722. The molecule has 4 nitrogen and oxygen atoms in total. The molecule has 0 spiro atoms. The summed E-state index contributed by atoms with van der Waals surface area (Å²) in [6.45, 7) is 7.14. The van der Waals surface area contributed by atoms with Gasteiger partial charge in [0.2, 0.25) is 0 Å². The van der Waals surface area contributed by atoms with Crippen LogP contribution in [0.25, 0.3) is 0 Å². The lowest BCUT2D eigenvalue weighted by Crippen LogP contribution is -2.46. The number of carbonyl (C=O) groups is 2. The molecule has 0 radical (unpaired) electrons. The van der Waals surface area contributed by atoms with Gasteiger partial charge in [0.1, 0.15) is 5.60 Å². The predicted octanol–water partition coefficient (Wildman–Crippen LogP) is 2.75. The van der Waals surface area contributed by atoms with Crippen LogP contribution in [0, 0.1) is 5.92 Å². The normalized spacial score (nSPS) is 31.3. The second-order valence-corrected chi connectivity index (χ2v) is 6.51. The Bertz CT molecular complexity index is 359. The number of ether oxygens (including phenoxy) is 1. The van der Waals surface area contributed by atoms with Crippen LogP contribution < -0.4 is 0 Å². The second kappa shape index (κ2) is 4.56. The van der Waals surface area contributed by atoms with Crippen LogP contribution in [0.2, 0.25) is 0 Å². The van der Waals surface area contributed by atoms with Gasteiger partial charge in [-0.25, -0.2) is 4.79 Å². The molecule has 0 aromatic rings. The molecule has 4 heteroatoms. The SMILES string of the molecule is CC(=O)[C@@H]1C[C@@H]2CCC[C@@H]2N1C(=O)OC(C)(C)C. The zero-order chi connectivity index (χ0) is 13.5. The number of likely N-dealkylation sites (tertiary alicyclic amines) is 1. The first-order valence-corrected chi connectivity index (χ1v) is 6.81. The maximum atomic E-state index is 12.3. The Labute approximate surface area is 109 Å².